The summed E-state index contributed by atoms with van der Waals surface area (Å²) in [4.78, 5) is 37.5. The maximum atomic E-state index is 12.2. The van der Waals surface area contributed by atoms with Crippen LogP contribution in [-0.4, -0.2) is 42.9 Å². The monoisotopic (exact) mass is 480 g/mol. The van der Waals surface area contributed by atoms with Gasteiger partial charge in [-0.25, -0.2) is 4.79 Å². The van der Waals surface area contributed by atoms with Gasteiger partial charge in [-0.15, -0.1) is 0 Å². The molecule has 0 bridgehead atoms. The van der Waals surface area contributed by atoms with Crippen molar-refractivity contribution in [2.45, 2.75) is 13.8 Å². The molecule has 0 aliphatic carbocycles. The minimum atomic E-state index is -0.576. The largest absolute Gasteiger partial charge is 0.452 e. The van der Waals surface area contributed by atoms with E-state index in [4.69, 9.17) is 4.74 Å². The Morgan fingerprint density at radius 1 is 1.04 bits per heavy atom. The van der Waals surface area contributed by atoms with Crippen LogP contribution in [0, 0.1) is 17.4 Å². The van der Waals surface area contributed by atoms with Gasteiger partial charge in [-0.05, 0) is 71.8 Å². The van der Waals surface area contributed by atoms with E-state index in [0.29, 0.717) is 5.56 Å². The van der Waals surface area contributed by atoms with Gasteiger partial charge in [0.15, 0.2) is 6.61 Å². The van der Waals surface area contributed by atoms with E-state index in [2.05, 4.69) is 27.9 Å². The van der Waals surface area contributed by atoms with Crippen LogP contribution >= 0.6 is 22.6 Å². The Morgan fingerprint density at radius 2 is 1.63 bits per heavy atom. The predicted molar refractivity (Wildman–Crippen MR) is 112 cm³/mol. The Labute approximate surface area is 172 Å². The summed E-state index contributed by atoms with van der Waals surface area (Å²) in [5.74, 6) is -1.34. The summed E-state index contributed by atoms with van der Waals surface area (Å²) in [5.41, 5.74) is 3.01. The van der Waals surface area contributed by atoms with Crippen molar-refractivity contribution < 1.29 is 19.1 Å². The van der Waals surface area contributed by atoms with Crippen LogP contribution in [0.15, 0.2) is 42.5 Å². The molecule has 2 amide bonds. The van der Waals surface area contributed by atoms with E-state index in [1.807, 2.05) is 32.0 Å². The molecule has 142 valence electrons. The van der Waals surface area contributed by atoms with E-state index in [-0.39, 0.29) is 12.5 Å². The number of nitrogens with zero attached hydrogens (tertiary/aromatic N) is 1. The zero-order valence-electron chi connectivity index (χ0n) is 15.4. The Balaban J connectivity index is 1.85. The molecule has 0 spiro atoms. The summed E-state index contributed by atoms with van der Waals surface area (Å²) in [5, 5.41) is 2.82. The van der Waals surface area contributed by atoms with Gasteiger partial charge in [0.05, 0.1) is 12.1 Å². The highest BCUT2D eigenvalue weighted by Crippen LogP contribution is 2.19. The molecular weight excluding hydrogens is 459 g/mol. The number of hydrogen-bond acceptors (Lipinski definition) is 4. The minimum absolute atomic E-state index is 0.131. The maximum absolute atomic E-state index is 12.2. The summed E-state index contributed by atoms with van der Waals surface area (Å²) in [7, 11) is 1.49. The Hall–Kier alpha value is -2.42. The van der Waals surface area contributed by atoms with Crippen LogP contribution < -0.4 is 5.32 Å². The highest BCUT2D eigenvalue weighted by atomic mass is 127. The number of para-hydroxylation sites is 1. The number of benzene rings is 2. The molecule has 0 aromatic heterocycles. The molecule has 2 aromatic rings. The van der Waals surface area contributed by atoms with Crippen molar-refractivity contribution in [3.63, 3.8) is 0 Å². The van der Waals surface area contributed by atoms with Crippen LogP contribution in [0.25, 0.3) is 0 Å². The van der Waals surface area contributed by atoms with Crippen molar-refractivity contribution in [1.29, 1.82) is 0 Å². The predicted octanol–water partition coefficient (Wildman–Crippen LogP) is 3.16. The van der Waals surface area contributed by atoms with Crippen LogP contribution in [0.3, 0.4) is 0 Å². The molecule has 0 unspecified atom stereocenters. The van der Waals surface area contributed by atoms with Crippen molar-refractivity contribution in [3.8, 4) is 0 Å². The minimum Gasteiger partial charge on any atom is -0.452 e. The molecule has 1 N–H and O–H groups in total. The molecule has 0 aliphatic rings. The number of rotatable bonds is 6. The van der Waals surface area contributed by atoms with Gasteiger partial charge in [0.2, 0.25) is 5.91 Å². The second-order valence-electron chi connectivity index (χ2n) is 6.15. The lowest BCUT2D eigenvalue weighted by Crippen LogP contribution is -2.37. The van der Waals surface area contributed by atoms with Gasteiger partial charge in [0, 0.05) is 16.3 Å². The first-order valence-corrected chi connectivity index (χ1v) is 9.38. The van der Waals surface area contributed by atoms with E-state index in [9.17, 15) is 14.4 Å². The molecule has 0 fully saturated rings. The molecule has 0 saturated carbocycles. The second-order valence-corrected chi connectivity index (χ2v) is 7.39. The molecule has 6 nitrogen and oxygen atoms in total. The molecule has 2 aromatic carbocycles. The Morgan fingerprint density at radius 3 is 2.22 bits per heavy atom. The number of aryl methyl sites for hydroxylation is 2. The van der Waals surface area contributed by atoms with E-state index in [1.165, 1.54) is 11.9 Å². The number of esters is 1. The third kappa shape index (κ3) is 6.06. The molecule has 0 aliphatic heterocycles. The smallest absolute Gasteiger partial charge is 0.338 e. The highest BCUT2D eigenvalue weighted by Gasteiger charge is 2.17. The van der Waals surface area contributed by atoms with Crippen LogP contribution in [0.2, 0.25) is 0 Å². The molecule has 7 heteroatoms. The van der Waals surface area contributed by atoms with Crippen LogP contribution in [0.4, 0.5) is 5.69 Å². The van der Waals surface area contributed by atoms with E-state index < -0.39 is 18.5 Å². The molecule has 0 saturated heterocycles. The normalized spacial score (nSPS) is 10.2. The van der Waals surface area contributed by atoms with Crippen molar-refractivity contribution in [2.24, 2.45) is 0 Å². The summed E-state index contributed by atoms with van der Waals surface area (Å²) in [6.07, 6.45) is 0. The van der Waals surface area contributed by atoms with Gasteiger partial charge in [-0.1, -0.05) is 18.2 Å². The fourth-order valence-corrected chi connectivity index (χ4v) is 2.76. The zero-order valence-corrected chi connectivity index (χ0v) is 17.6. The second kappa shape index (κ2) is 9.50. The van der Waals surface area contributed by atoms with Crippen molar-refractivity contribution >= 4 is 46.1 Å². The topological polar surface area (TPSA) is 75.7 Å². The van der Waals surface area contributed by atoms with Crippen molar-refractivity contribution in [2.75, 3.05) is 25.5 Å². The first-order valence-electron chi connectivity index (χ1n) is 8.30. The summed E-state index contributed by atoms with van der Waals surface area (Å²) in [6, 6.07) is 12.6. The average Bonchev–Trinajstić information content (AvgIpc) is 2.63. The number of likely N-dealkylation sites (N-methyl/N-ethyl adjacent to an activating group) is 1. The van der Waals surface area contributed by atoms with E-state index in [0.717, 1.165) is 20.4 Å². The standard InChI is InChI=1S/C20H21IN2O4/c1-13-5-4-6-14(2)19(13)22-17(24)11-23(3)18(25)12-27-20(26)15-7-9-16(21)10-8-15/h4-10H,11-12H2,1-3H3,(H,22,24). The SMILES string of the molecule is Cc1cccc(C)c1NC(=O)CN(C)C(=O)COC(=O)c1ccc(I)cc1. The number of nitrogens with one attached hydrogen (secondary N) is 1. The van der Waals surface area contributed by atoms with Gasteiger partial charge in [0.25, 0.3) is 5.91 Å². The van der Waals surface area contributed by atoms with Crippen LogP contribution in [-0.2, 0) is 14.3 Å². The lowest BCUT2D eigenvalue weighted by atomic mass is 10.1. The van der Waals surface area contributed by atoms with E-state index in [1.54, 1.807) is 24.3 Å². The lowest BCUT2D eigenvalue weighted by molar-refractivity contribution is -0.136. The molecule has 0 atom stereocenters. The maximum Gasteiger partial charge on any atom is 0.338 e. The fourth-order valence-electron chi connectivity index (χ4n) is 2.40. The molecular formula is C20H21IN2O4. The van der Waals surface area contributed by atoms with Gasteiger partial charge >= 0.3 is 5.97 Å². The quantitative estimate of drug-likeness (QED) is 0.509. The molecule has 0 heterocycles. The van der Waals surface area contributed by atoms with Crippen LogP contribution in [0.5, 0.6) is 0 Å². The molecule has 27 heavy (non-hydrogen) atoms. The summed E-state index contributed by atoms with van der Waals surface area (Å²) < 4.78 is 6.02. The third-order valence-electron chi connectivity index (χ3n) is 3.96. The number of hydrogen-bond donors (Lipinski definition) is 1. The fraction of sp³-hybridized carbons (Fsp3) is 0.250. The van der Waals surface area contributed by atoms with E-state index >= 15 is 0 Å². The third-order valence-corrected chi connectivity index (χ3v) is 4.68. The molecule has 0 radical (unpaired) electrons. The Bertz CT molecular complexity index is 829. The number of carbonyl (C=O) groups excluding carboxylic acids is 3. The average molecular weight is 480 g/mol. The lowest BCUT2D eigenvalue weighted by Gasteiger charge is -2.18. The summed E-state index contributed by atoms with van der Waals surface area (Å²) >= 11 is 2.13. The van der Waals surface area contributed by atoms with Gasteiger partial charge < -0.3 is 15.0 Å². The van der Waals surface area contributed by atoms with Gasteiger partial charge in [0.1, 0.15) is 0 Å². The number of ether oxygens (including phenoxy) is 1. The number of halogens is 1. The molecule has 2 rings (SSSR count). The summed E-state index contributed by atoms with van der Waals surface area (Å²) in [6.45, 7) is 3.26. The Kier molecular flexibility index (Phi) is 7.35. The van der Waals surface area contributed by atoms with Crippen LogP contribution in [0.1, 0.15) is 21.5 Å². The van der Waals surface area contributed by atoms with Gasteiger partial charge in [-0.3, -0.25) is 9.59 Å². The van der Waals surface area contributed by atoms with Crippen molar-refractivity contribution in [3.05, 3.63) is 62.7 Å². The number of carbonyl (C=O) groups is 3. The highest BCUT2D eigenvalue weighted by molar-refractivity contribution is 14.1. The van der Waals surface area contributed by atoms with Gasteiger partial charge in [-0.2, -0.15) is 0 Å². The number of anilines is 1. The number of amides is 2. The first-order chi connectivity index (χ1) is 12.8. The van der Waals surface area contributed by atoms with Crippen molar-refractivity contribution in [1.82, 2.24) is 4.90 Å². The zero-order chi connectivity index (χ0) is 20.0. The first kappa shape index (κ1) is 20.9.